The SMILES string of the molecule is Cc1n[nH]c(C)c1C(=O)Nc1ccc(N(C)C)c(Cl)c1. The summed E-state index contributed by atoms with van der Waals surface area (Å²) in [5, 5.41) is 10.2. The standard InChI is InChI=1S/C14H17ClN4O/c1-8-13(9(2)18-17-8)14(20)16-10-5-6-12(19(3)4)11(15)7-10/h5-7H,1-4H3,(H,16,20)(H,17,18). The Balaban J connectivity index is 2.23. The van der Waals surface area contributed by atoms with Gasteiger partial charge in [-0.15, -0.1) is 0 Å². The van der Waals surface area contributed by atoms with Gasteiger partial charge in [0.15, 0.2) is 0 Å². The Hall–Kier alpha value is -2.01. The van der Waals surface area contributed by atoms with E-state index in [1.54, 1.807) is 13.0 Å². The maximum atomic E-state index is 12.2. The molecular formula is C14H17ClN4O. The van der Waals surface area contributed by atoms with E-state index < -0.39 is 0 Å². The van der Waals surface area contributed by atoms with Crippen molar-refractivity contribution in [2.75, 3.05) is 24.3 Å². The quantitative estimate of drug-likeness (QED) is 0.914. The lowest BCUT2D eigenvalue weighted by Gasteiger charge is -2.15. The largest absolute Gasteiger partial charge is 0.376 e. The number of carbonyl (C=O) groups excluding carboxylic acids is 1. The van der Waals surface area contributed by atoms with Gasteiger partial charge in [0.1, 0.15) is 0 Å². The molecular weight excluding hydrogens is 276 g/mol. The highest BCUT2D eigenvalue weighted by Crippen LogP contribution is 2.27. The summed E-state index contributed by atoms with van der Waals surface area (Å²) in [5.41, 5.74) is 3.55. The minimum atomic E-state index is -0.192. The van der Waals surface area contributed by atoms with E-state index in [1.807, 2.05) is 38.1 Å². The van der Waals surface area contributed by atoms with Crippen molar-refractivity contribution in [1.29, 1.82) is 0 Å². The summed E-state index contributed by atoms with van der Waals surface area (Å²) < 4.78 is 0. The van der Waals surface area contributed by atoms with Gasteiger partial charge < -0.3 is 10.2 Å². The monoisotopic (exact) mass is 292 g/mol. The van der Waals surface area contributed by atoms with Gasteiger partial charge in [-0.3, -0.25) is 9.89 Å². The van der Waals surface area contributed by atoms with E-state index in [2.05, 4.69) is 15.5 Å². The number of carbonyl (C=O) groups is 1. The summed E-state index contributed by atoms with van der Waals surface area (Å²) in [4.78, 5) is 14.1. The van der Waals surface area contributed by atoms with Crippen LogP contribution in [0.2, 0.25) is 5.02 Å². The predicted octanol–water partition coefficient (Wildman–Crippen LogP) is 3.00. The van der Waals surface area contributed by atoms with Crippen LogP contribution in [-0.4, -0.2) is 30.2 Å². The zero-order valence-electron chi connectivity index (χ0n) is 11.9. The molecule has 0 aliphatic rings. The summed E-state index contributed by atoms with van der Waals surface area (Å²) in [6, 6.07) is 5.43. The number of nitrogens with one attached hydrogen (secondary N) is 2. The lowest BCUT2D eigenvalue weighted by Crippen LogP contribution is -2.14. The zero-order chi connectivity index (χ0) is 14.9. The van der Waals surface area contributed by atoms with Gasteiger partial charge >= 0.3 is 0 Å². The zero-order valence-corrected chi connectivity index (χ0v) is 12.7. The van der Waals surface area contributed by atoms with Crippen molar-refractivity contribution in [3.8, 4) is 0 Å². The van der Waals surface area contributed by atoms with E-state index in [9.17, 15) is 4.79 Å². The van der Waals surface area contributed by atoms with Crippen LogP contribution in [0.15, 0.2) is 18.2 Å². The topological polar surface area (TPSA) is 61.0 Å². The van der Waals surface area contributed by atoms with Gasteiger partial charge in [-0.05, 0) is 32.0 Å². The van der Waals surface area contributed by atoms with Crippen LogP contribution in [0.5, 0.6) is 0 Å². The van der Waals surface area contributed by atoms with Crippen LogP contribution >= 0.6 is 11.6 Å². The molecule has 1 aromatic heterocycles. The molecule has 0 aliphatic carbocycles. The third-order valence-electron chi connectivity index (χ3n) is 3.04. The Labute approximate surface area is 122 Å². The van der Waals surface area contributed by atoms with Gasteiger partial charge in [-0.25, -0.2) is 0 Å². The van der Waals surface area contributed by atoms with Crippen LogP contribution in [-0.2, 0) is 0 Å². The van der Waals surface area contributed by atoms with Crippen molar-refractivity contribution >= 4 is 28.9 Å². The molecule has 0 bridgehead atoms. The molecule has 0 unspecified atom stereocenters. The van der Waals surface area contributed by atoms with E-state index in [0.717, 1.165) is 11.4 Å². The van der Waals surface area contributed by atoms with E-state index in [0.29, 0.717) is 22.0 Å². The fourth-order valence-corrected chi connectivity index (χ4v) is 2.38. The maximum Gasteiger partial charge on any atom is 0.259 e. The molecule has 106 valence electrons. The van der Waals surface area contributed by atoms with Crippen LogP contribution in [0.1, 0.15) is 21.7 Å². The van der Waals surface area contributed by atoms with E-state index >= 15 is 0 Å². The van der Waals surface area contributed by atoms with Gasteiger partial charge in [0.2, 0.25) is 0 Å². The molecule has 1 amide bonds. The number of anilines is 2. The van der Waals surface area contributed by atoms with Gasteiger partial charge in [-0.2, -0.15) is 5.10 Å². The number of rotatable bonds is 3. The molecule has 20 heavy (non-hydrogen) atoms. The van der Waals surface area contributed by atoms with E-state index in [1.165, 1.54) is 0 Å². The molecule has 2 rings (SSSR count). The summed E-state index contributed by atoms with van der Waals surface area (Å²) in [5.74, 6) is -0.192. The van der Waals surface area contributed by atoms with Crippen molar-refractivity contribution < 1.29 is 4.79 Å². The smallest absolute Gasteiger partial charge is 0.259 e. The highest BCUT2D eigenvalue weighted by atomic mass is 35.5. The highest BCUT2D eigenvalue weighted by molar-refractivity contribution is 6.33. The molecule has 0 spiro atoms. The minimum Gasteiger partial charge on any atom is -0.376 e. The van der Waals surface area contributed by atoms with Crippen LogP contribution in [0.3, 0.4) is 0 Å². The molecule has 0 fully saturated rings. The molecule has 0 saturated carbocycles. The number of nitrogens with zero attached hydrogens (tertiary/aromatic N) is 2. The van der Waals surface area contributed by atoms with Gasteiger partial charge in [0, 0.05) is 25.5 Å². The number of amides is 1. The van der Waals surface area contributed by atoms with Crippen molar-refractivity contribution in [3.05, 3.63) is 40.2 Å². The fourth-order valence-electron chi connectivity index (χ4n) is 2.03. The Morgan fingerprint density at radius 1 is 1.35 bits per heavy atom. The first-order valence-corrected chi connectivity index (χ1v) is 6.57. The number of aryl methyl sites for hydroxylation is 2. The summed E-state index contributed by atoms with van der Waals surface area (Å²) in [6.07, 6.45) is 0. The molecule has 2 aromatic rings. The first kappa shape index (κ1) is 14.4. The minimum absolute atomic E-state index is 0.192. The first-order chi connectivity index (χ1) is 9.40. The molecule has 5 nitrogen and oxygen atoms in total. The predicted molar refractivity (Wildman–Crippen MR) is 81.8 cm³/mol. The number of hydrogen-bond donors (Lipinski definition) is 2. The Morgan fingerprint density at radius 2 is 2.05 bits per heavy atom. The molecule has 0 radical (unpaired) electrons. The second-order valence-corrected chi connectivity index (χ2v) is 5.23. The lowest BCUT2D eigenvalue weighted by atomic mass is 10.2. The molecule has 0 saturated heterocycles. The molecule has 6 heteroatoms. The van der Waals surface area contributed by atoms with Gasteiger partial charge in [0.25, 0.3) is 5.91 Å². The van der Waals surface area contributed by atoms with E-state index in [4.69, 9.17) is 11.6 Å². The average molecular weight is 293 g/mol. The van der Waals surface area contributed by atoms with Crippen molar-refractivity contribution in [3.63, 3.8) is 0 Å². The first-order valence-electron chi connectivity index (χ1n) is 6.20. The Bertz CT molecular complexity index is 629. The molecule has 1 aromatic carbocycles. The van der Waals surface area contributed by atoms with E-state index in [-0.39, 0.29) is 5.91 Å². The molecule has 0 aliphatic heterocycles. The van der Waals surface area contributed by atoms with Gasteiger partial charge in [0.05, 0.1) is 22.0 Å². The lowest BCUT2D eigenvalue weighted by molar-refractivity contribution is 0.102. The molecule has 2 N–H and O–H groups in total. The second kappa shape index (κ2) is 5.54. The van der Waals surface area contributed by atoms with Crippen molar-refractivity contribution in [2.45, 2.75) is 13.8 Å². The van der Waals surface area contributed by atoms with Crippen LogP contribution < -0.4 is 10.2 Å². The normalized spacial score (nSPS) is 10.4. The average Bonchev–Trinajstić information content (AvgIpc) is 2.68. The second-order valence-electron chi connectivity index (χ2n) is 4.82. The number of benzene rings is 1. The summed E-state index contributed by atoms with van der Waals surface area (Å²) in [6.45, 7) is 3.61. The Morgan fingerprint density at radius 3 is 2.55 bits per heavy atom. The molecule has 0 atom stereocenters. The van der Waals surface area contributed by atoms with Gasteiger partial charge in [-0.1, -0.05) is 11.6 Å². The highest BCUT2D eigenvalue weighted by Gasteiger charge is 2.15. The maximum absolute atomic E-state index is 12.2. The van der Waals surface area contributed by atoms with Crippen LogP contribution in [0.25, 0.3) is 0 Å². The number of aromatic amines is 1. The van der Waals surface area contributed by atoms with Crippen LogP contribution in [0.4, 0.5) is 11.4 Å². The summed E-state index contributed by atoms with van der Waals surface area (Å²) in [7, 11) is 3.83. The Kier molecular flexibility index (Phi) is 3.99. The van der Waals surface area contributed by atoms with Crippen molar-refractivity contribution in [2.24, 2.45) is 0 Å². The van der Waals surface area contributed by atoms with Crippen molar-refractivity contribution in [1.82, 2.24) is 10.2 Å². The molecule has 1 heterocycles. The van der Waals surface area contributed by atoms with Crippen LogP contribution in [0, 0.1) is 13.8 Å². The summed E-state index contributed by atoms with van der Waals surface area (Å²) >= 11 is 6.18. The fraction of sp³-hybridized carbons (Fsp3) is 0.286. The number of halogens is 1. The third kappa shape index (κ3) is 2.77. The number of hydrogen-bond acceptors (Lipinski definition) is 3. The number of H-pyrrole nitrogens is 1. The number of aromatic nitrogens is 2. The third-order valence-corrected chi connectivity index (χ3v) is 3.35.